The van der Waals surface area contributed by atoms with Crippen LogP contribution in [0.25, 0.3) is 0 Å². The van der Waals surface area contributed by atoms with Gasteiger partial charge in [-0.1, -0.05) is 0 Å². The Kier molecular flexibility index (Phi) is 3.18. The lowest BCUT2D eigenvalue weighted by atomic mass is 10.2. The second kappa shape index (κ2) is 4.42. The first-order chi connectivity index (χ1) is 7.16. The van der Waals surface area contributed by atoms with Crippen molar-refractivity contribution in [2.24, 2.45) is 0 Å². The van der Waals surface area contributed by atoms with Crippen LogP contribution in [0.4, 0.5) is 5.13 Å². The molecule has 2 N–H and O–H groups in total. The van der Waals surface area contributed by atoms with Gasteiger partial charge in [-0.2, -0.15) is 4.37 Å². The number of anilines is 1. The van der Waals surface area contributed by atoms with E-state index in [1.54, 1.807) is 0 Å². The van der Waals surface area contributed by atoms with Gasteiger partial charge in [0.25, 0.3) is 0 Å². The molecule has 0 radical (unpaired) electrons. The van der Waals surface area contributed by atoms with Crippen LogP contribution in [0.1, 0.15) is 18.3 Å². The van der Waals surface area contributed by atoms with Gasteiger partial charge in [0.2, 0.25) is 0 Å². The molecule has 2 rings (SSSR count). The molecule has 1 aliphatic rings. The van der Waals surface area contributed by atoms with E-state index in [2.05, 4.69) is 33.3 Å². The Hall–Kier alpha value is -0.720. The summed E-state index contributed by atoms with van der Waals surface area (Å²) >= 11 is 1.28. The van der Waals surface area contributed by atoms with Gasteiger partial charge in [0, 0.05) is 18.1 Å². The Bertz CT molecular complexity index is 326. The topological polar surface area (TPSA) is 58.3 Å². The SMILES string of the molecule is CN1CCCN(C)C(c2nsc(N)n2)C1. The monoisotopic (exact) mass is 227 g/mol. The van der Waals surface area contributed by atoms with E-state index in [-0.39, 0.29) is 6.04 Å². The summed E-state index contributed by atoms with van der Waals surface area (Å²) in [5, 5.41) is 0.560. The van der Waals surface area contributed by atoms with Crippen molar-refractivity contribution in [2.45, 2.75) is 12.5 Å². The summed E-state index contributed by atoms with van der Waals surface area (Å²) in [7, 11) is 4.27. The van der Waals surface area contributed by atoms with E-state index in [1.807, 2.05) is 0 Å². The van der Waals surface area contributed by atoms with Crippen LogP contribution >= 0.6 is 11.5 Å². The van der Waals surface area contributed by atoms with E-state index in [4.69, 9.17) is 5.73 Å². The predicted molar refractivity (Wildman–Crippen MR) is 61.8 cm³/mol. The van der Waals surface area contributed by atoms with Crippen LogP contribution in [0.15, 0.2) is 0 Å². The van der Waals surface area contributed by atoms with Crippen LogP contribution in [0, 0.1) is 0 Å². The summed E-state index contributed by atoms with van der Waals surface area (Å²) in [6.07, 6.45) is 1.20. The molecular formula is C9H17N5S. The lowest BCUT2D eigenvalue weighted by molar-refractivity contribution is 0.221. The third-order valence-electron chi connectivity index (χ3n) is 2.82. The fourth-order valence-corrected chi connectivity index (χ4v) is 2.42. The second-order valence-corrected chi connectivity index (χ2v) is 4.89. The minimum Gasteiger partial charge on any atom is -0.374 e. The van der Waals surface area contributed by atoms with Gasteiger partial charge in [-0.05, 0) is 33.6 Å². The van der Waals surface area contributed by atoms with Crippen LogP contribution in [-0.2, 0) is 0 Å². The van der Waals surface area contributed by atoms with Gasteiger partial charge in [0.05, 0.1) is 6.04 Å². The van der Waals surface area contributed by atoms with Crippen molar-refractivity contribution in [2.75, 3.05) is 39.5 Å². The molecule has 1 atom stereocenters. The number of nitrogens with two attached hydrogens (primary N) is 1. The molecule has 2 heterocycles. The molecule has 1 fully saturated rings. The second-order valence-electron chi connectivity index (χ2n) is 4.10. The maximum atomic E-state index is 5.62. The molecule has 1 aromatic rings. The summed E-state index contributed by atoms with van der Waals surface area (Å²) in [5.74, 6) is 0.869. The number of hydrogen-bond donors (Lipinski definition) is 1. The number of aromatic nitrogens is 2. The van der Waals surface area contributed by atoms with Crippen LogP contribution in [-0.4, -0.2) is 52.9 Å². The Morgan fingerprint density at radius 2 is 2.20 bits per heavy atom. The molecule has 6 heteroatoms. The van der Waals surface area contributed by atoms with Crippen molar-refractivity contribution >= 4 is 16.7 Å². The molecule has 1 aromatic heterocycles. The maximum Gasteiger partial charge on any atom is 0.199 e. The number of nitrogen functional groups attached to an aromatic ring is 1. The van der Waals surface area contributed by atoms with E-state index in [0.29, 0.717) is 5.13 Å². The highest BCUT2D eigenvalue weighted by molar-refractivity contribution is 7.09. The number of rotatable bonds is 1. The molecule has 0 aromatic carbocycles. The smallest absolute Gasteiger partial charge is 0.199 e. The molecule has 15 heavy (non-hydrogen) atoms. The van der Waals surface area contributed by atoms with Crippen molar-refractivity contribution in [3.63, 3.8) is 0 Å². The minimum atomic E-state index is 0.283. The highest BCUT2D eigenvalue weighted by atomic mass is 32.1. The Morgan fingerprint density at radius 3 is 2.87 bits per heavy atom. The van der Waals surface area contributed by atoms with Gasteiger partial charge in [0.1, 0.15) is 0 Å². The van der Waals surface area contributed by atoms with Crippen molar-refractivity contribution in [3.8, 4) is 0 Å². The normalized spacial score (nSPS) is 25.3. The van der Waals surface area contributed by atoms with Gasteiger partial charge in [-0.15, -0.1) is 0 Å². The predicted octanol–water partition coefficient (Wildman–Crippen LogP) is 0.429. The summed E-state index contributed by atoms with van der Waals surface area (Å²) in [6, 6.07) is 0.283. The fraction of sp³-hybridized carbons (Fsp3) is 0.778. The molecule has 1 aliphatic heterocycles. The number of hydrogen-bond acceptors (Lipinski definition) is 6. The average molecular weight is 227 g/mol. The zero-order valence-corrected chi connectivity index (χ0v) is 10.00. The van der Waals surface area contributed by atoms with Crippen LogP contribution in [0.2, 0.25) is 0 Å². The maximum absolute atomic E-state index is 5.62. The zero-order chi connectivity index (χ0) is 10.8. The summed E-state index contributed by atoms with van der Waals surface area (Å²) < 4.78 is 4.30. The average Bonchev–Trinajstić information content (AvgIpc) is 2.53. The van der Waals surface area contributed by atoms with Gasteiger partial charge in [0.15, 0.2) is 11.0 Å². The third kappa shape index (κ3) is 2.45. The largest absolute Gasteiger partial charge is 0.374 e. The Morgan fingerprint density at radius 1 is 1.40 bits per heavy atom. The Labute approximate surface area is 94.1 Å². The van der Waals surface area contributed by atoms with E-state index in [1.165, 1.54) is 18.0 Å². The van der Waals surface area contributed by atoms with Crippen LogP contribution in [0.5, 0.6) is 0 Å². The summed E-state index contributed by atoms with van der Waals surface area (Å²) in [4.78, 5) is 8.91. The first-order valence-corrected chi connectivity index (χ1v) is 5.92. The Balaban J connectivity index is 2.17. The van der Waals surface area contributed by atoms with Gasteiger partial charge >= 0.3 is 0 Å². The molecule has 1 unspecified atom stereocenters. The minimum absolute atomic E-state index is 0.283. The van der Waals surface area contributed by atoms with Crippen molar-refractivity contribution in [1.29, 1.82) is 0 Å². The van der Waals surface area contributed by atoms with Gasteiger partial charge < -0.3 is 10.6 Å². The van der Waals surface area contributed by atoms with E-state index < -0.39 is 0 Å². The first kappa shape index (κ1) is 10.8. The lowest BCUT2D eigenvalue weighted by Crippen LogP contribution is -2.31. The summed E-state index contributed by atoms with van der Waals surface area (Å²) in [6.45, 7) is 3.21. The van der Waals surface area contributed by atoms with Crippen LogP contribution in [0.3, 0.4) is 0 Å². The molecule has 0 bridgehead atoms. The molecule has 0 saturated carbocycles. The molecule has 0 aliphatic carbocycles. The lowest BCUT2D eigenvalue weighted by Gasteiger charge is -2.24. The number of likely N-dealkylation sites (N-methyl/N-ethyl adjacent to an activating group) is 2. The van der Waals surface area contributed by atoms with Gasteiger partial charge in [-0.25, -0.2) is 4.98 Å². The van der Waals surface area contributed by atoms with Crippen molar-refractivity contribution in [1.82, 2.24) is 19.2 Å². The van der Waals surface area contributed by atoms with Crippen LogP contribution < -0.4 is 5.73 Å². The van der Waals surface area contributed by atoms with Gasteiger partial charge in [-0.3, -0.25) is 4.90 Å². The van der Waals surface area contributed by atoms with E-state index in [0.717, 1.165) is 25.5 Å². The molecular weight excluding hydrogens is 210 g/mol. The highest BCUT2D eigenvalue weighted by Gasteiger charge is 2.25. The molecule has 1 saturated heterocycles. The van der Waals surface area contributed by atoms with E-state index >= 15 is 0 Å². The third-order valence-corrected chi connectivity index (χ3v) is 3.38. The standard InChI is InChI=1S/C9H17N5S/c1-13-4-3-5-14(2)7(6-13)8-11-9(10)15-12-8/h7H,3-6H2,1-2H3,(H2,10,11,12). The molecule has 0 amide bonds. The molecule has 84 valence electrons. The molecule has 5 nitrogen and oxygen atoms in total. The quantitative estimate of drug-likeness (QED) is 0.754. The summed E-state index contributed by atoms with van der Waals surface area (Å²) in [5.41, 5.74) is 5.62. The highest BCUT2D eigenvalue weighted by Crippen LogP contribution is 2.22. The first-order valence-electron chi connectivity index (χ1n) is 5.14. The molecule has 0 spiro atoms. The van der Waals surface area contributed by atoms with E-state index in [9.17, 15) is 0 Å². The van der Waals surface area contributed by atoms with Crippen molar-refractivity contribution < 1.29 is 0 Å². The van der Waals surface area contributed by atoms with Crippen molar-refractivity contribution in [3.05, 3.63) is 5.82 Å². The number of nitrogens with zero attached hydrogens (tertiary/aromatic N) is 4. The zero-order valence-electron chi connectivity index (χ0n) is 9.18. The fourth-order valence-electron chi connectivity index (χ4n) is 1.93.